The first-order chi connectivity index (χ1) is 14.1. The van der Waals surface area contributed by atoms with E-state index in [4.69, 9.17) is 5.10 Å². The lowest BCUT2D eigenvalue weighted by Gasteiger charge is -2.23. The van der Waals surface area contributed by atoms with Gasteiger partial charge in [0, 0.05) is 30.5 Å². The van der Waals surface area contributed by atoms with E-state index in [0.29, 0.717) is 18.0 Å². The smallest absolute Gasteiger partial charge is 0.205 e. The molecular weight excluding hydrogens is 360 g/mol. The highest BCUT2D eigenvalue weighted by molar-refractivity contribution is 5.72. The molecule has 0 bridgehead atoms. The van der Waals surface area contributed by atoms with Crippen molar-refractivity contribution in [2.45, 2.75) is 26.3 Å². The van der Waals surface area contributed by atoms with Gasteiger partial charge in [0.15, 0.2) is 0 Å². The third-order valence-corrected chi connectivity index (χ3v) is 5.20. The van der Waals surface area contributed by atoms with Gasteiger partial charge in [-0.3, -0.25) is 9.80 Å². The van der Waals surface area contributed by atoms with E-state index in [1.165, 1.54) is 0 Å². The molecule has 1 aliphatic heterocycles. The van der Waals surface area contributed by atoms with E-state index in [-0.39, 0.29) is 11.5 Å². The molecule has 0 spiro atoms. The van der Waals surface area contributed by atoms with Crippen molar-refractivity contribution in [2.75, 3.05) is 5.01 Å². The molecule has 1 aromatic heterocycles. The van der Waals surface area contributed by atoms with E-state index < -0.39 is 0 Å². The van der Waals surface area contributed by atoms with E-state index in [1.54, 1.807) is 16.9 Å². The number of hydrogen-bond acceptors (Lipinski definition) is 4. The molecule has 0 saturated carbocycles. The normalized spacial score (nSPS) is 15.8. The molecule has 5 heteroatoms. The summed E-state index contributed by atoms with van der Waals surface area (Å²) in [5.74, 6) is 0.312. The molecule has 2 heterocycles. The van der Waals surface area contributed by atoms with Crippen LogP contribution in [0.1, 0.15) is 37.6 Å². The van der Waals surface area contributed by atoms with Crippen molar-refractivity contribution in [2.24, 2.45) is 11.0 Å². The molecule has 4 rings (SSSR count). The summed E-state index contributed by atoms with van der Waals surface area (Å²) >= 11 is 0. The highest BCUT2D eigenvalue weighted by Gasteiger charge is 2.28. The van der Waals surface area contributed by atoms with Gasteiger partial charge in [-0.15, -0.1) is 0 Å². The second-order valence-corrected chi connectivity index (χ2v) is 7.44. The van der Waals surface area contributed by atoms with Crippen LogP contribution in [0.15, 0.2) is 83.3 Å². The first-order valence-electron chi connectivity index (χ1n) is 9.81. The predicted molar refractivity (Wildman–Crippen MR) is 118 cm³/mol. The van der Waals surface area contributed by atoms with Gasteiger partial charge < -0.3 is 0 Å². The number of benzene rings is 2. The lowest BCUT2D eigenvalue weighted by atomic mass is 9.95. The summed E-state index contributed by atoms with van der Waals surface area (Å²) in [4.78, 5) is 12.7. The first kappa shape index (κ1) is 18.9. The molecular formula is C24H24N4O. The summed E-state index contributed by atoms with van der Waals surface area (Å²) < 4.78 is 1.78. The number of aromatic nitrogens is 2. The van der Waals surface area contributed by atoms with Gasteiger partial charge in [0.2, 0.25) is 5.43 Å². The quantitative estimate of drug-likeness (QED) is 0.632. The largest absolute Gasteiger partial charge is 0.288 e. The third-order valence-electron chi connectivity index (χ3n) is 5.20. The number of anilines is 1. The number of rotatable bonds is 5. The molecule has 0 fully saturated rings. The van der Waals surface area contributed by atoms with Crippen LogP contribution in [0.25, 0.3) is 11.3 Å². The lowest BCUT2D eigenvalue weighted by Crippen LogP contribution is -2.27. The number of para-hydroxylation sites is 2. The molecule has 2 aromatic carbocycles. The van der Waals surface area contributed by atoms with Crippen molar-refractivity contribution < 1.29 is 0 Å². The van der Waals surface area contributed by atoms with Gasteiger partial charge in [-0.05, 0) is 29.7 Å². The zero-order valence-corrected chi connectivity index (χ0v) is 16.7. The summed E-state index contributed by atoms with van der Waals surface area (Å²) in [7, 11) is 0. The van der Waals surface area contributed by atoms with Gasteiger partial charge in [0.05, 0.1) is 11.4 Å². The first-order valence-corrected chi connectivity index (χ1v) is 9.81. The zero-order chi connectivity index (χ0) is 20.4. The maximum Gasteiger partial charge on any atom is 0.205 e. The highest BCUT2D eigenvalue weighted by atomic mass is 16.1. The fourth-order valence-electron chi connectivity index (χ4n) is 3.51. The third kappa shape index (κ3) is 3.63. The van der Waals surface area contributed by atoms with Crippen molar-refractivity contribution in [3.05, 3.63) is 94.9 Å². The molecule has 146 valence electrons. The minimum Gasteiger partial charge on any atom is -0.288 e. The highest BCUT2D eigenvalue weighted by Crippen LogP contribution is 2.31. The number of hydrazone groups is 1. The summed E-state index contributed by atoms with van der Waals surface area (Å²) in [6, 6.07) is 19.2. The molecule has 0 amide bonds. The molecule has 0 radical (unpaired) electrons. The summed E-state index contributed by atoms with van der Waals surface area (Å²) in [6.07, 6.45) is 4.20. The second-order valence-electron chi connectivity index (χ2n) is 7.44. The van der Waals surface area contributed by atoms with Crippen LogP contribution in [-0.4, -0.2) is 16.0 Å². The van der Waals surface area contributed by atoms with E-state index in [9.17, 15) is 4.79 Å². The standard InChI is InChI=1S/C24H24N4O/c1-17(2)18(3)20-11-7-8-12-21(20)27-16-14-23(29)24(26-27)22-13-15-25-28(22)19-9-5-4-6-10-19/h4-12,14-17,22H,3,13H2,1-2H3. The van der Waals surface area contributed by atoms with E-state index in [1.807, 2.05) is 65.8 Å². The molecule has 0 N–H and O–H groups in total. The van der Waals surface area contributed by atoms with Gasteiger partial charge in [-0.25, -0.2) is 4.68 Å². The van der Waals surface area contributed by atoms with E-state index in [2.05, 4.69) is 25.5 Å². The average molecular weight is 384 g/mol. The van der Waals surface area contributed by atoms with Crippen LogP contribution in [0.5, 0.6) is 0 Å². The molecule has 29 heavy (non-hydrogen) atoms. The van der Waals surface area contributed by atoms with Crippen LogP contribution in [0, 0.1) is 5.92 Å². The Morgan fingerprint density at radius 1 is 1.07 bits per heavy atom. The van der Waals surface area contributed by atoms with Crippen LogP contribution in [-0.2, 0) is 0 Å². The molecule has 1 unspecified atom stereocenters. The van der Waals surface area contributed by atoms with Crippen molar-refractivity contribution in [3.63, 3.8) is 0 Å². The van der Waals surface area contributed by atoms with Gasteiger partial charge in [-0.2, -0.15) is 10.2 Å². The van der Waals surface area contributed by atoms with E-state index in [0.717, 1.165) is 22.5 Å². The number of nitrogens with zero attached hydrogens (tertiary/aromatic N) is 4. The van der Waals surface area contributed by atoms with Crippen molar-refractivity contribution in [3.8, 4) is 5.69 Å². The molecule has 0 aliphatic carbocycles. The maximum absolute atomic E-state index is 12.7. The van der Waals surface area contributed by atoms with Crippen molar-refractivity contribution in [1.82, 2.24) is 9.78 Å². The lowest BCUT2D eigenvalue weighted by molar-refractivity contribution is 0.644. The Hall–Kier alpha value is -3.47. The topological polar surface area (TPSA) is 50.5 Å². The molecule has 1 aliphatic rings. The van der Waals surface area contributed by atoms with Gasteiger partial charge in [-0.1, -0.05) is 56.8 Å². The Labute approximate surface area is 170 Å². The van der Waals surface area contributed by atoms with Gasteiger partial charge in [0.1, 0.15) is 11.7 Å². The van der Waals surface area contributed by atoms with Crippen LogP contribution in [0.2, 0.25) is 0 Å². The van der Waals surface area contributed by atoms with Gasteiger partial charge >= 0.3 is 0 Å². The maximum atomic E-state index is 12.7. The fraction of sp³-hybridized carbons (Fsp3) is 0.208. The minimum atomic E-state index is -0.224. The Balaban J connectivity index is 1.77. The minimum absolute atomic E-state index is 0.0853. The summed E-state index contributed by atoms with van der Waals surface area (Å²) in [6.45, 7) is 8.49. The molecule has 5 nitrogen and oxygen atoms in total. The van der Waals surface area contributed by atoms with Crippen molar-refractivity contribution >= 4 is 17.5 Å². The molecule has 3 aromatic rings. The van der Waals surface area contributed by atoms with Crippen LogP contribution in [0.3, 0.4) is 0 Å². The SMILES string of the molecule is C=C(c1ccccc1-n1ccc(=O)c(C2CC=NN2c2ccccc2)n1)C(C)C. The number of hydrogen-bond donors (Lipinski definition) is 0. The van der Waals surface area contributed by atoms with Crippen molar-refractivity contribution in [1.29, 1.82) is 0 Å². The monoisotopic (exact) mass is 384 g/mol. The second kappa shape index (κ2) is 7.87. The van der Waals surface area contributed by atoms with E-state index >= 15 is 0 Å². The molecule has 1 atom stereocenters. The Morgan fingerprint density at radius 3 is 2.55 bits per heavy atom. The zero-order valence-electron chi connectivity index (χ0n) is 16.7. The average Bonchev–Trinajstić information content (AvgIpc) is 3.24. The van der Waals surface area contributed by atoms with Crippen LogP contribution >= 0.6 is 0 Å². The Morgan fingerprint density at radius 2 is 1.79 bits per heavy atom. The predicted octanol–water partition coefficient (Wildman–Crippen LogP) is 4.84. The van der Waals surface area contributed by atoms with Crippen LogP contribution in [0.4, 0.5) is 5.69 Å². The molecule has 0 saturated heterocycles. The summed E-state index contributed by atoms with van der Waals surface area (Å²) in [5.41, 5.74) is 4.33. The summed E-state index contributed by atoms with van der Waals surface area (Å²) in [5, 5.41) is 11.1. The Kier molecular flexibility index (Phi) is 5.12. The van der Waals surface area contributed by atoms with Gasteiger partial charge in [0.25, 0.3) is 0 Å². The fourth-order valence-corrected chi connectivity index (χ4v) is 3.51. The van der Waals surface area contributed by atoms with Crippen LogP contribution < -0.4 is 10.4 Å². The number of allylic oxidation sites excluding steroid dienone is 1. The Bertz CT molecular complexity index is 1110.